The topological polar surface area (TPSA) is 60.9 Å². The van der Waals surface area contributed by atoms with Crippen molar-refractivity contribution in [3.63, 3.8) is 0 Å². The number of nitrogens with zero attached hydrogens (tertiary/aromatic N) is 2. The summed E-state index contributed by atoms with van der Waals surface area (Å²) < 4.78 is 0. The number of thiophene rings is 1. The highest BCUT2D eigenvalue weighted by molar-refractivity contribution is 7.10. The van der Waals surface area contributed by atoms with Crippen LogP contribution < -0.4 is 0 Å². The predicted octanol–water partition coefficient (Wildman–Crippen LogP) is 1.25. The van der Waals surface area contributed by atoms with Crippen LogP contribution in [0.5, 0.6) is 0 Å². The van der Waals surface area contributed by atoms with Crippen molar-refractivity contribution in [2.75, 3.05) is 26.2 Å². The summed E-state index contributed by atoms with van der Waals surface area (Å²) in [5.41, 5.74) is 1.25. The van der Waals surface area contributed by atoms with Crippen molar-refractivity contribution in [2.45, 2.75) is 32.2 Å². The Morgan fingerprint density at radius 2 is 2.00 bits per heavy atom. The van der Waals surface area contributed by atoms with Gasteiger partial charge >= 0.3 is 0 Å². The van der Waals surface area contributed by atoms with Crippen LogP contribution in [0, 0.1) is 5.92 Å². The molecule has 3 rings (SSSR count). The van der Waals surface area contributed by atoms with Crippen molar-refractivity contribution in [2.24, 2.45) is 5.92 Å². The lowest BCUT2D eigenvalue weighted by Gasteiger charge is -2.27. The van der Waals surface area contributed by atoms with E-state index in [1.807, 2.05) is 4.90 Å². The number of aliphatic hydroxyl groups excluding tert-OH is 1. The van der Waals surface area contributed by atoms with Crippen LogP contribution in [0.3, 0.4) is 0 Å². The molecular weight excluding hydrogens is 300 g/mol. The number of carbonyl (C=O) groups is 2. The molecule has 1 N–H and O–H groups in total. The molecule has 1 aromatic heterocycles. The molecule has 0 aromatic carbocycles. The van der Waals surface area contributed by atoms with E-state index >= 15 is 0 Å². The second kappa shape index (κ2) is 6.79. The molecule has 0 aliphatic carbocycles. The highest BCUT2D eigenvalue weighted by atomic mass is 32.1. The Hall–Kier alpha value is -1.40. The lowest BCUT2D eigenvalue weighted by Crippen LogP contribution is -2.36. The molecule has 1 saturated heterocycles. The van der Waals surface area contributed by atoms with Gasteiger partial charge in [0.2, 0.25) is 11.8 Å². The fourth-order valence-electron chi connectivity index (χ4n) is 3.20. The number of hydrogen-bond acceptors (Lipinski definition) is 4. The first-order valence-electron chi connectivity index (χ1n) is 7.89. The average Bonchev–Trinajstić information content (AvgIpc) is 3.19. The van der Waals surface area contributed by atoms with Crippen molar-refractivity contribution in [1.82, 2.24) is 9.80 Å². The number of likely N-dealkylation sites (tertiary alicyclic amines) is 1. The number of carbonyl (C=O) groups excluding carboxylic acids is 2. The first-order valence-corrected chi connectivity index (χ1v) is 8.77. The van der Waals surface area contributed by atoms with Crippen LogP contribution in [0.4, 0.5) is 0 Å². The number of fused-ring (bicyclic) bond motifs is 1. The van der Waals surface area contributed by atoms with Crippen molar-refractivity contribution >= 4 is 23.2 Å². The molecule has 0 saturated carbocycles. The van der Waals surface area contributed by atoms with Gasteiger partial charge in [0, 0.05) is 56.4 Å². The van der Waals surface area contributed by atoms with Crippen LogP contribution in [0.15, 0.2) is 11.4 Å². The summed E-state index contributed by atoms with van der Waals surface area (Å²) in [7, 11) is 0. The van der Waals surface area contributed by atoms with Gasteiger partial charge in [-0.25, -0.2) is 0 Å². The zero-order chi connectivity index (χ0) is 15.5. The van der Waals surface area contributed by atoms with Crippen LogP contribution in [0.25, 0.3) is 0 Å². The molecule has 5 nitrogen and oxygen atoms in total. The summed E-state index contributed by atoms with van der Waals surface area (Å²) in [5.74, 6) is 0.319. The minimum absolute atomic E-state index is 0.0394. The van der Waals surface area contributed by atoms with Crippen molar-refractivity contribution < 1.29 is 14.7 Å². The number of rotatable bonds is 4. The van der Waals surface area contributed by atoms with Crippen LogP contribution in [0.1, 0.15) is 29.7 Å². The third kappa shape index (κ3) is 3.33. The fourth-order valence-corrected chi connectivity index (χ4v) is 4.09. The van der Waals surface area contributed by atoms with Crippen LogP contribution in [0.2, 0.25) is 0 Å². The Morgan fingerprint density at radius 1 is 1.23 bits per heavy atom. The molecule has 0 radical (unpaired) electrons. The molecule has 0 bridgehead atoms. The Kier molecular flexibility index (Phi) is 4.78. The predicted molar refractivity (Wildman–Crippen MR) is 84.4 cm³/mol. The van der Waals surface area contributed by atoms with Gasteiger partial charge < -0.3 is 14.9 Å². The van der Waals surface area contributed by atoms with Gasteiger partial charge in [-0.3, -0.25) is 9.59 Å². The molecule has 1 fully saturated rings. The Morgan fingerprint density at radius 3 is 2.73 bits per heavy atom. The monoisotopic (exact) mass is 322 g/mol. The molecule has 2 amide bonds. The Bertz CT molecular complexity index is 557. The minimum Gasteiger partial charge on any atom is -0.396 e. The van der Waals surface area contributed by atoms with E-state index in [-0.39, 0.29) is 30.8 Å². The van der Waals surface area contributed by atoms with Crippen LogP contribution in [-0.4, -0.2) is 53.0 Å². The molecule has 1 aromatic rings. The van der Waals surface area contributed by atoms with Crippen molar-refractivity contribution in [3.05, 3.63) is 21.9 Å². The Labute approximate surface area is 134 Å². The van der Waals surface area contributed by atoms with Gasteiger partial charge in [0.15, 0.2) is 0 Å². The minimum atomic E-state index is 0.0394. The summed E-state index contributed by atoms with van der Waals surface area (Å²) in [6.45, 7) is 2.92. The highest BCUT2D eigenvalue weighted by Crippen LogP contribution is 2.24. The zero-order valence-corrected chi connectivity index (χ0v) is 13.5. The van der Waals surface area contributed by atoms with Gasteiger partial charge in [0.1, 0.15) is 0 Å². The molecule has 22 heavy (non-hydrogen) atoms. The molecule has 120 valence electrons. The third-order valence-electron chi connectivity index (χ3n) is 4.61. The summed E-state index contributed by atoms with van der Waals surface area (Å²) in [6, 6.07) is 2.09. The first-order chi connectivity index (χ1) is 10.7. The standard InChI is InChI=1S/C16H22N2O3S/c19-11-12-3-6-17(9-12)15(20)1-2-16(21)18-7-4-14-13(10-18)5-8-22-14/h5,8,12,19H,1-4,6-7,9-11H2. The van der Waals surface area contributed by atoms with E-state index in [2.05, 4.69) is 11.4 Å². The molecular formula is C16H22N2O3S. The average molecular weight is 322 g/mol. The molecule has 2 aliphatic rings. The summed E-state index contributed by atoms with van der Waals surface area (Å²) >= 11 is 1.76. The fraction of sp³-hybridized carbons (Fsp3) is 0.625. The van der Waals surface area contributed by atoms with Gasteiger partial charge in [-0.2, -0.15) is 0 Å². The normalized spacial score (nSPS) is 21.0. The zero-order valence-electron chi connectivity index (χ0n) is 12.7. The quantitative estimate of drug-likeness (QED) is 0.908. The van der Waals surface area contributed by atoms with Gasteiger partial charge in [0.05, 0.1) is 0 Å². The molecule has 1 atom stereocenters. The van der Waals surface area contributed by atoms with Crippen molar-refractivity contribution in [3.8, 4) is 0 Å². The van der Waals surface area contributed by atoms with Gasteiger partial charge in [0.25, 0.3) is 0 Å². The smallest absolute Gasteiger partial charge is 0.223 e. The lowest BCUT2D eigenvalue weighted by molar-refractivity contribution is -0.137. The SMILES string of the molecule is O=C(CCC(=O)N1CCC(CO)C1)N1CCc2sccc2C1. The molecule has 6 heteroatoms. The van der Waals surface area contributed by atoms with E-state index in [9.17, 15) is 9.59 Å². The maximum Gasteiger partial charge on any atom is 0.223 e. The summed E-state index contributed by atoms with van der Waals surface area (Å²) in [6.07, 6.45) is 2.36. The third-order valence-corrected chi connectivity index (χ3v) is 5.63. The molecule has 1 unspecified atom stereocenters. The maximum atomic E-state index is 12.3. The Balaban J connectivity index is 1.46. The first kappa shape index (κ1) is 15.5. The second-order valence-electron chi connectivity index (χ2n) is 6.11. The second-order valence-corrected chi connectivity index (χ2v) is 7.11. The molecule has 3 heterocycles. The summed E-state index contributed by atoms with van der Waals surface area (Å²) in [5, 5.41) is 11.2. The van der Waals surface area contributed by atoms with E-state index in [0.717, 1.165) is 19.4 Å². The molecule has 0 spiro atoms. The van der Waals surface area contributed by atoms with Crippen molar-refractivity contribution in [1.29, 1.82) is 0 Å². The van der Waals surface area contributed by atoms with E-state index in [1.54, 1.807) is 16.2 Å². The van der Waals surface area contributed by atoms with E-state index in [4.69, 9.17) is 5.11 Å². The number of amides is 2. The van der Waals surface area contributed by atoms with E-state index in [0.29, 0.717) is 26.1 Å². The largest absolute Gasteiger partial charge is 0.396 e. The van der Waals surface area contributed by atoms with Crippen LogP contribution >= 0.6 is 11.3 Å². The lowest BCUT2D eigenvalue weighted by atomic mass is 10.1. The van der Waals surface area contributed by atoms with E-state index in [1.165, 1.54) is 10.4 Å². The van der Waals surface area contributed by atoms with Crippen LogP contribution in [-0.2, 0) is 22.6 Å². The van der Waals surface area contributed by atoms with E-state index < -0.39 is 0 Å². The molecule has 2 aliphatic heterocycles. The summed E-state index contributed by atoms with van der Waals surface area (Å²) in [4.78, 5) is 29.4. The number of aliphatic hydroxyl groups is 1. The van der Waals surface area contributed by atoms with Gasteiger partial charge in [-0.1, -0.05) is 0 Å². The maximum absolute atomic E-state index is 12.3. The van der Waals surface area contributed by atoms with Gasteiger partial charge in [-0.15, -0.1) is 11.3 Å². The highest BCUT2D eigenvalue weighted by Gasteiger charge is 2.27. The van der Waals surface area contributed by atoms with Gasteiger partial charge in [-0.05, 0) is 29.9 Å². The number of hydrogen-bond donors (Lipinski definition) is 1.